The number of non-ortho nitro benzene ring substituents is 1. The molecule has 0 unspecified atom stereocenters. The van der Waals surface area contributed by atoms with Gasteiger partial charge in [-0.25, -0.2) is 4.79 Å². The van der Waals surface area contributed by atoms with Crippen molar-refractivity contribution in [3.63, 3.8) is 0 Å². The average molecular weight is 375 g/mol. The lowest BCUT2D eigenvalue weighted by atomic mass is 9.97. The number of esters is 1. The molecule has 2 atom stereocenters. The van der Waals surface area contributed by atoms with Crippen molar-refractivity contribution in [3.8, 4) is 0 Å². The number of alkyl halides is 1. The molecule has 0 radical (unpaired) electrons. The van der Waals surface area contributed by atoms with Gasteiger partial charge in [-0.05, 0) is 31.4 Å². The number of hydrogen-bond acceptors (Lipinski definition) is 4. The number of nitrogens with zero attached hydrogens (tertiary/aromatic N) is 1. The highest BCUT2D eigenvalue weighted by Crippen LogP contribution is 2.28. The Morgan fingerprint density at radius 3 is 2.47 bits per heavy atom. The van der Waals surface area contributed by atoms with Gasteiger partial charge >= 0.3 is 5.97 Å². The Morgan fingerprint density at radius 1 is 1.26 bits per heavy atom. The molecule has 0 heterocycles. The maximum Gasteiger partial charge on any atom is 0.338 e. The van der Waals surface area contributed by atoms with Gasteiger partial charge in [0, 0.05) is 16.1 Å². The van der Waals surface area contributed by atoms with Crippen molar-refractivity contribution in [2.45, 2.75) is 35.7 Å². The maximum atomic E-state index is 11.9. The lowest BCUT2D eigenvalue weighted by molar-refractivity contribution is -0.384. The number of halogens is 1. The van der Waals surface area contributed by atoms with E-state index in [-0.39, 0.29) is 11.8 Å². The second kappa shape index (κ2) is 6.31. The van der Waals surface area contributed by atoms with Crippen molar-refractivity contribution in [1.29, 1.82) is 0 Å². The van der Waals surface area contributed by atoms with Gasteiger partial charge in [-0.2, -0.15) is 0 Å². The SMILES string of the molecule is O=C(O[C@@H]1CCCC[C@H]1I)c1ccc([N+](=O)[O-])cc1. The van der Waals surface area contributed by atoms with Crippen LogP contribution in [0, 0.1) is 10.1 Å². The van der Waals surface area contributed by atoms with Gasteiger partial charge in [0.15, 0.2) is 0 Å². The van der Waals surface area contributed by atoms with Crippen LogP contribution < -0.4 is 0 Å². The van der Waals surface area contributed by atoms with E-state index in [1.165, 1.54) is 30.7 Å². The average Bonchev–Trinajstić information content (AvgIpc) is 2.41. The van der Waals surface area contributed by atoms with E-state index in [2.05, 4.69) is 22.6 Å². The van der Waals surface area contributed by atoms with Crippen LogP contribution in [-0.2, 0) is 4.74 Å². The fourth-order valence-corrected chi connectivity index (χ4v) is 3.06. The minimum Gasteiger partial charge on any atom is -0.458 e. The van der Waals surface area contributed by atoms with Crippen molar-refractivity contribution in [3.05, 3.63) is 39.9 Å². The van der Waals surface area contributed by atoms with E-state index in [1.807, 2.05) is 0 Å². The summed E-state index contributed by atoms with van der Waals surface area (Å²) in [5.74, 6) is -0.400. The van der Waals surface area contributed by atoms with Crippen LogP contribution in [0.4, 0.5) is 5.69 Å². The summed E-state index contributed by atoms with van der Waals surface area (Å²) in [6.45, 7) is 0. The maximum absolute atomic E-state index is 11.9. The molecule has 19 heavy (non-hydrogen) atoms. The number of nitro groups is 1. The Balaban J connectivity index is 2.01. The fourth-order valence-electron chi connectivity index (χ4n) is 2.11. The van der Waals surface area contributed by atoms with Gasteiger partial charge in [-0.1, -0.05) is 29.0 Å². The van der Waals surface area contributed by atoms with Gasteiger partial charge in [-0.3, -0.25) is 10.1 Å². The summed E-state index contributed by atoms with van der Waals surface area (Å²) in [5, 5.41) is 10.5. The summed E-state index contributed by atoms with van der Waals surface area (Å²) in [7, 11) is 0. The number of ether oxygens (including phenoxy) is 1. The van der Waals surface area contributed by atoms with Crippen molar-refractivity contribution < 1.29 is 14.5 Å². The van der Waals surface area contributed by atoms with Gasteiger partial charge in [-0.15, -0.1) is 0 Å². The number of hydrogen-bond donors (Lipinski definition) is 0. The zero-order valence-corrected chi connectivity index (χ0v) is 12.4. The molecule has 0 aromatic heterocycles. The largest absolute Gasteiger partial charge is 0.458 e. The molecule has 5 nitrogen and oxygen atoms in total. The normalized spacial score (nSPS) is 22.8. The van der Waals surface area contributed by atoms with E-state index in [9.17, 15) is 14.9 Å². The summed E-state index contributed by atoms with van der Waals surface area (Å²) in [6.07, 6.45) is 4.18. The molecule has 0 N–H and O–H groups in total. The first-order chi connectivity index (χ1) is 9.08. The highest BCUT2D eigenvalue weighted by Gasteiger charge is 2.26. The van der Waals surface area contributed by atoms with Crippen molar-refractivity contribution >= 4 is 34.2 Å². The Kier molecular flexibility index (Phi) is 4.73. The molecule has 0 spiro atoms. The molecular formula is C13H14INO4. The second-order valence-corrected chi connectivity index (χ2v) is 6.15. The number of rotatable bonds is 3. The van der Waals surface area contributed by atoms with Crippen LogP contribution in [0.3, 0.4) is 0 Å². The van der Waals surface area contributed by atoms with E-state index >= 15 is 0 Å². The van der Waals surface area contributed by atoms with Gasteiger partial charge < -0.3 is 4.74 Å². The topological polar surface area (TPSA) is 69.4 Å². The molecule has 0 aliphatic heterocycles. The van der Waals surface area contributed by atoms with Gasteiger partial charge in [0.05, 0.1) is 10.5 Å². The van der Waals surface area contributed by atoms with Gasteiger partial charge in [0.2, 0.25) is 0 Å². The highest BCUT2D eigenvalue weighted by atomic mass is 127. The molecule has 1 saturated carbocycles. The molecule has 6 heteroatoms. The lowest BCUT2D eigenvalue weighted by Gasteiger charge is -2.27. The van der Waals surface area contributed by atoms with Crippen molar-refractivity contribution in [2.75, 3.05) is 0 Å². The first-order valence-electron chi connectivity index (χ1n) is 6.17. The first-order valence-corrected chi connectivity index (χ1v) is 7.42. The molecule has 1 fully saturated rings. The summed E-state index contributed by atoms with van der Waals surface area (Å²) in [6, 6.07) is 5.51. The van der Waals surface area contributed by atoms with Crippen LogP contribution in [0.25, 0.3) is 0 Å². The number of carbonyl (C=O) groups is 1. The lowest BCUT2D eigenvalue weighted by Crippen LogP contribution is -2.30. The van der Waals surface area contributed by atoms with E-state index in [1.54, 1.807) is 0 Å². The van der Waals surface area contributed by atoms with E-state index in [0.29, 0.717) is 9.49 Å². The second-order valence-electron chi connectivity index (χ2n) is 4.55. The quantitative estimate of drug-likeness (QED) is 0.267. The third-order valence-corrected chi connectivity index (χ3v) is 4.62. The van der Waals surface area contributed by atoms with Crippen LogP contribution in [0.5, 0.6) is 0 Å². The standard InChI is InChI=1S/C13H14INO4/c14-11-3-1-2-4-12(11)19-13(16)9-5-7-10(8-6-9)15(17)18/h5-8,11-12H,1-4H2/t11-,12-/m1/s1. The smallest absolute Gasteiger partial charge is 0.338 e. The Morgan fingerprint density at radius 2 is 1.89 bits per heavy atom. The zero-order valence-electron chi connectivity index (χ0n) is 10.3. The summed E-state index contributed by atoms with van der Waals surface area (Å²) >= 11 is 2.32. The van der Waals surface area contributed by atoms with E-state index < -0.39 is 10.9 Å². The zero-order chi connectivity index (χ0) is 13.8. The minimum atomic E-state index is -0.489. The first kappa shape index (κ1) is 14.2. The van der Waals surface area contributed by atoms with Gasteiger partial charge in [0.1, 0.15) is 6.10 Å². The van der Waals surface area contributed by atoms with Crippen LogP contribution in [-0.4, -0.2) is 20.9 Å². The molecule has 1 aliphatic carbocycles. The number of benzene rings is 1. The molecule has 1 aliphatic rings. The minimum absolute atomic E-state index is 0.0269. The molecule has 1 aromatic rings. The van der Waals surface area contributed by atoms with Crippen LogP contribution in [0.2, 0.25) is 0 Å². The molecule has 2 rings (SSSR count). The summed E-state index contributed by atoms with van der Waals surface area (Å²) in [5.41, 5.74) is 0.334. The molecule has 0 saturated heterocycles. The Bertz CT molecular complexity index is 474. The molecule has 102 valence electrons. The molecule has 0 amide bonds. The monoisotopic (exact) mass is 375 g/mol. The fraction of sp³-hybridized carbons (Fsp3) is 0.462. The van der Waals surface area contributed by atoms with Crippen LogP contribution in [0.15, 0.2) is 24.3 Å². The summed E-state index contributed by atoms with van der Waals surface area (Å²) in [4.78, 5) is 22.0. The van der Waals surface area contributed by atoms with Crippen molar-refractivity contribution in [1.82, 2.24) is 0 Å². The predicted octanol–water partition coefficient (Wildman–Crippen LogP) is 3.50. The van der Waals surface area contributed by atoms with E-state index in [4.69, 9.17) is 4.74 Å². The summed E-state index contributed by atoms with van der Waals surface area (Å²) < 4.78 is 5.83. The van der Waals surface area contributed by atoms with Crippen LogP contribution >= 0.6 is 22.6 Å². The third kappa shape index (κ3) is 3.65. The van der Waals surface area contributed by atoms with Gasteiger partial charge in [0.25, 0.3) is 5.69 Å². The number of carbonyl (C=O) groups excluding carboxylic acids is 1. The Labute approximate surface area is 124 Å². The Hall–Kier alpha value is -1.18. The van der Waals surface area contributed by atoms with Crippen LogP contribution in [0.1, 0.15) is 36.0 Å². The molecular weight excluding hydrogens is 361 g/mol. The third-order valence-electron chi connectivity index (χ3n) is 3.19. The molecule has 0 bridgehead atoms. The van der Waals surface area contributed by atoms with Crippen molar-refractivity contribution in [2.24, 2.45) is 0 Å². The highest BCUT2D eigenvalue weighted by molar-refractivity contribution is 14.1. The predicted molar refractivity (Wildman–Crippen MR) is 78.6 cm³/mol. The number of nitro benzene ring substituents is 1. The molecule has 1 aromatic carbocycles. The van der Waals surface area contributed by atoms with E-state index in [0.717, 1.165) is 19.3 Å².